The van der Waals surface area contributed by atoms with Crippen LogP contribution in [0.4, 0.5) is 8.78 Å². The predicted molar refractivity (Wildman–Crippen MR) is 142 cm³/mol. The first kappa shape index (κ1) is 25.8. The number of carbonyl (C=O) groups is 1. The van der Waals surface area contributed by atoms with Gasteiger partial charge in [0, 0.05) is 49.5 Å². The van der Waals surface area contributed by atoms with Gasteiger partial charge in [-0.25, -0.2) is 8.78 Å². The van der Waals surface area contributed by atoms with Gasteiger partial charge in [-0.2, -0.15) is 0 Å². The lowest BCUT2D eigenvalue weighted by Crippen LogP contribution is -2.56. The number of nitrogens with one attached hydrogen (secondary N) is 1. The monoisotopic (exact) mass is 524 g/mol. The van der Waals surface area contributed by atoms with Crippen molar-refractivity contribution in [3.63, 3.8) is 0 Å². The quantitative estimate of drug-likeness (QED) is 0.591. The van der Waals surface area contributed by atoms with Gasteiger partial charge in [0.05, 0.1) is 26.2 Å². The summed E-state index contributed by atoms with van der Waals surface area (Å²) in [7, 11) is 1.66. The van der Waals surface area contributed by atoms with Crippen molar-refractivity contribution < 1.29 is 23.0 Å². The van der Waals surface area contributed by atoms with Crippen LogP contribution in [0.15, 0.2) is 48.5 Å². The molecule has 1 spiro atoms. The zero-order valence-electron chi connectivity index (χ0n) is 22.1. The maximum atomic E-state index is 14.6. The Bertz CT molecular complexity index is 1160. The van der Waals surface area contributed by atoms with Gasteiger partial charge >= 0.3 is 0 Å². The van der Waals surface area contributed by atoms with E-state index >= 15 is 0 Å². The van der Waals surface area contributed by atoms with E-state index in [1.165, 1.54) is 5.56 Å². The summed E-state index contributed by atoms with van der Waals surface area (Å²) in [5, 5.41) is 3.49. The Morgan fingerprint density at radius 3 is 2.76 bits per heavy atom. The Hall–Kier alpha value is -2.51. The lowest BCUT2D eigenvalue weighted by atomic mass is 9.68. The van der Waals surface area contributed by atoms with Crippen molar-refractivity contribution in [1.29, 1.82) is 0 Å². The number of hydrogen-bond acceptors (Lipinski definition) is 4. The van der Waals surface area contributed by atoms with E-state index in [9.17, 15) is 13.6 Å². The Labute approximate surface area is 223 Å². The first-order valence-electron chi connectivity index (χ1n) is 14.1. The van der Waals surface area contributed by atoms with E-state index < -0.39 is 11.3 Å². The summed E-state index contributed by atoms with van der Waals surface area (Å²) in [5.41, 5.74) is 2.88. The van der Waals surface area contributed by atoms with E-state index in [4.69, 9.17) is 9.47 Å². The number of likely N-dealkylation sites (tertiary alicyclic amines) is 1. The second-order valence-corrected chi connectivity index (χ2v) is 11.8. The maximum Gasteiger partial charge on any atom is 0.248 e. The molecule has 7 heteroatoms. The van der Waals surface area contributed by atoms with Crippen LogP contribution in [-0.2, 0) is 21.6 Å². The van der Waals surface area contributed by atoms with Crippen LogP contribution in [0, 0.1) is 11.8 Å². The lowest BCUT2D eigenvalue weighted by molar-refractivity contribution is -0.146. The highest BCUT2D eigenvalue weighted by Crippen LogP contribution is 2.47. The molecule has 38 heavy (non-hydrogen) atoms. The lowest BCUT2D eigenvalue weighted by Gasteiger charge is -2.48. The number of alkyl halides is 2. The number of rotatable bonds is 4. The van der Waals surface area contributed by atoms with E-state index in [0.29, 0.717) is 39.3 Å². The van der Waals surface area contributed by atoms with Crippen LogP contribution < -0.4 is 10.1 Å². The van der Waals surface area contributed by atoms with E-state index in [0.717, 1.165) is 36.1 Å². The molecule has 4 aliphatic rings. The standard InChI is InChI=1S/C31H38F2N2O3/c1-37-28-11-5-10-25-24(28)18-38-20-30(25)19-34-17-26(30)29(36)35-14-12-22(21-7-3-2-4-8-21)15-27(35)23-9-6-13-31(32,33)16-23/h2-5,7-8,10-11,22-23,26-27,34H,6,9,12-20H2,1H3. The number of hydrogen-bond donors (Lipinski definition) is 1. The molecule has 5 unspecified atom stereocenters. The zero-order valence-corrected chi connectivity index (χ0v) is 22.1. The van der Waals surface area contributed by atoms with Crippen LogP contribution >= 0.6 is 0 Å². The van der Waals surface area contributed by atoms with E-state index in [-0.39, 0.29) is 42.5 Å². The van der Waals surface area contributed by atoms with Crippen LogP contribution in [0.5, 0.6) is 5.75 Å². The predicted octanol–water partition coefficient (Wildman–Crippen LogP) is 5.28. The summed E-state index contributed by atoms with van der Waals surface area (Å²) in [6.07, 6.45) is 2.69. The molecule has 5 atom stereocenters. The number of piperidine rings is 1. The number of nitrogens with zero attached hydrogens (tertiary/aromatic N) is 1. The highest BCUT2D eigenvalue weighted by molar-refractivity contribution is 5.82. The van der Waals surface area contributed by atoms with Crippen molar-refractivity contribution >= 4 is 5.91 Å². The van der Waals surface area contributed by atoms with E-state index in [1.54, 1.807) is 7.11 Å². The van der Waals surface area contributed by atoms with Gasteiger partial charge in [0.1, 0.15) is 5.75 Å². The molecule has 2 aromatic carbocycles. The zero-order chi connectivity index (χ0) is 26.3. The Morgan fingerprint density at radius 1 is 1.13 bits per heavy atom. The maximum absolute atomic E-state index is 14.6. The third kappa shape index (κ3) is 4.51. The average molecular weight is 525 g/mol. The minimum atomic E-state index is -2.65. The molecule has 3 fully saturated rings. The highest BCUT2D eigenvalue weighted by Gasteiger charge is 2.54. The first-order chi connectivity index (χ1) is 18.4. The van der Waals surface area contributed by atoms with Gasteiger partial charge in [0.15, 0.2) is 0 Å². The Balaban J connectivity index is 1.33. The van der Waals surface area contributed by atoms with E-state index in [2.05, 4.69) is 23.5 Å². The second-order valence-electron chi connectivity index (χ2n) is 11.8. The molecule has 3 heterocycles. The summed E-state index contributed by atoms with van der Waals surface area (Å²) in [6, 6.07) is 16.2. The van der Waals surface area contributed by atoms with Crippen LogP contribution in [-0.4, -0.2) is 56.1 Å². The van der Waals surface area contributed by atoms with Crippen LogP contribution in [0.25, 0.3) is 0 Å². The van der Waals surface area contributed by atoms with Crippen molar-refractivity contribution in [2.45, 2.75) is 68.4 Å². The van der Waals surface area contributed by atoms with Gasteiger partial charge in [0.25, 0.3) is 0 Å². The average Bonchev–Trinajstić information content (AvgIpc) is 3.36. The van der Waals surface area contributed by atoms with Gasteiger partial charge in [0.2, 0.25) is 11.8 Å². The largest absolute Gasteiger partial charge is 0.496 e. The smallest absolute Gasteiger partial charge is 0.248 e. The summed E-state index contributed by atoms with van der Waals surface area (Å²) >= 11 is 0. The van der Waals surface area contributed by atoms with Crippen molar-refractivity contribution in [1.82, 2.24) is 10.2 Å². The molecule has 6 rings (SSSR count). The fourth-order valence-corrected chi connectivity index (χ4v) is 7.79. The van der Waals surface area contributed by atoms with Crippen molar-refractivity contribution in [3.8, 4) is 5.75 Å². The van der Waals surface area contributed by atoms with Crippen molar-refractivity contribution in [3.05, 3.63) is 65.2 Å². The first-order valence-corrected chi connectivity index (χ1v) is 14.1. The van der Waals surface area contributed by atoms with E-state index in [1.807, 2.05) is 35.2 Å². The van der Waals surface area contributed by atoms with Gasteiger partial charge < -0.3 is 19.7 Å². The SMILES string of the molecule is COc1cccc2c1COCC21CNCC1C(=O)N1CCC(c2ccccc2)CC1C1CCCC(F)(F)C1. The molecular weight excluding hydrogens is 486 g/mol. The van der Waals surface area contributed by atoms with Gasteiger partial charge in [-0.3, -0.25) is 4.79 Å². The van der Waals surface area contributed by atoms with Gasteiger partial charge in [-0.1, -0.05) is 42.5 Å². The van der Waals surface area contributed by atoms with Gasteiger partial charge in [-0.15, -0.1) is 0 Å². The summed E-state index contributed by atoms with van der Waals surface area (Å²) in [5.74, 6) is -2.01. The van der Waals surface area contributed by atoms with Crippen molar-refractivity contribution in [2.24, 2.45) is 11.8 Å². The topological polar surface area (TPSA) is 50.8 Å². The summed E-state index contributed by atoms with van der Waals surface area (Å²) < 4.78 is 41.0. The molecule has 2 saturated heterocycles. The number of benzene rings is 2. The molecular formula is C31H38F2N2O3. The molecule has 0 radical (unpaired) electrons. The van der Waals surface area contributed by atoms with Gasteiger partial charge in [-0.05, 0) is 54.7 Å². The third-order valence-corrected chi connectivity index (χ3v) is 9.67. The molecule has 0 bridgehead atoms. The normalized spacial score (nSPS) is 32.7. The highest BCUT2D eigenvalue weighted by atomic mass is 19.3. The Morgan fingerprint density at radius 2 is 1.97 bits per heavy atom. The molecule has 3 aliphatic heterocycles. The summed E-state index contributed by atoms with van der Waals surface area (Å²) in [4.78, 5) is 16.5. The molecule has 1 saturated carbocycles. The fourth-order valence-electron chi connectivity index (χ4n) is 7.79. The third-order valence-electron chi connectivity index (χ3n) is 9.67. The number of amides is 1. The number of halogens is 2. The van der Waals surface area contributed by atoms with Crippen LogP contribution in [0.1, 0.15) is 61.1 Å². The minimum Gasteiger partial charge on any atom is -0.496 e. The second kappa shape index (κ2) is 10.2. The molecule has 5 nitrogen and oxygen atoms in total. The Kier molecular flexibility index (Phi) is 6.93. The molecule has 1 amide bonds. The molecule has 0 aromatic heterocycles. The van der Waals surface area contributed by atoms with Crippen molar-refractivity contribution in [2.75, 3.05) is 33.4 Å². The molecule has 1 aliphatic carbocycles. The molecule has 204 valence electrons. The van der Waals surface area contributed by atoms with Crippen LogP contribution in [0.3, 0.4) is 0 Å². The number of fused-ring (bicyclic) bond motifs is 2. The van der Waals surface area contributed by atoms with Crippen LogP contribution in [0.2, 0.25) is 0 Å². The fraction of sp³-hybridized carbons (Fsp3) is 0.581. The molecule has 1 N–H and O–H groups in total. The minimum absolute atomic E-state index is 0.0438. The summed E-state index contributed by atoms with van der Waals surface area (Å²) in [6.45, 7) is 2.73. The number of ether oxygens (including phenoxy) is 2. The molecule has 2 aromatic rings. The number of methoxy groups -OCH3 is 1. The number of carbonyl (C=O) groups excluding carboxylic acids is 1.